The highest BCUT2D eigenvalue weighted by molar-refractivity contribution is 7.89. The third-order valence-corrected chi connectivity index (χ3v) is 9.57. The van der Waals surface area contributed by atoms with Gasteiger partial charge < -0.3 is 4.90 Å². The number of aromatic nitrogens is 4. The number of rotatable bonds is 16. The number of unbranched alkanes of at least 4 members (excludes halogenated alkanes) is 2. The summed E-state index contributed by atoms with van der Waals surface area (Å²) >= 11 is 12.5. The van der Waals surface area contributed by atoms with Gasteiger partial charge in [-0.05, 0) is 54.3 Å². The van der Waals surface area contributed by atoms with Crippen molar-refractivity contribution in [1.82, 2.24) is 24.9 Å². The van der Waals surface area contributed by atoms with Crippen molar-refractivity contribution in [2.75, 3.05) is 18.0 Å². The monoisotopic (exact) mass is 644 g/mol. The number of hydrogen-bond donors (Lipinski definition) is 1. The molecule has 0 aliphatic carbocycles. The number of sulfonamides is 1. The molecule has 1 N–H and O–H groups in total. The number of halogens is 2. The van der Waals surface area contributed by atoms with Gasteiger partial charge in [0.15, 0.2) is 11.6 Å². The highest BCUT2D eigenvalue weighted by Gasteiger charge is 2.27. The van der Waals surface area contributed by atoms with Crippen molar-refractivity contribution in [2.45, 2.75) is 76.8 Å². The smallest absolute Gasteiger partial charge is 0.241 e. The number of anilines is 1. The van der Waals surface area contributed by atoms with Gasteiger partial charge in [0.25, 0.3) is 0 Å². The summed E-state index contributed by atoms with van der Waals surface area (Å²) in [4.78, 5) is 16.9. The average Bonchev–Trinajstić information content (AvgIpc) is 3.44. The van der Waals surface area contributed by atoms with Crippen LogP contribution in [0.15, 0.2) is 59.5 Å². The molecule has 3 aromatic carbocycles. The molecule has 0 bridgehead atoms. The second kappa shape index (κ2) is 15.1. The Kier molecular flexibility index (Phi) is 11.5. The lowest BCUT2D eigenvalue weighted by Crippen LogP contribution is -2.42. The summed E-state index contributed by atoms with van der Waals surface area (Å²) in [5, 5.41) is 14.7. The fourth-order valence-corrected chi connectivity index (χ4v) is 7.03. The molecule has 1 atom stereocenters. The number of tetrazole rings is 1. The molecule has 0 saturated heterocycles. The summed E-state index contributed by atoms with van der Waals surface area (Å²) in [6, 6.07) is 15.3. The molecule has 4 rings (SSSR count). The molecule has 0 radical (unpaired) electrons. The molecule has 9 nitrogen and oxygen atoms in total. The van der Waals surface area contributed by atoms with Crippen molar-refractivity contribution in [1.29, 1.82) is 0 Å². The van der Waals surface area contributed by atoms with Gasteiger partial charge >= 0.3 is 0 Å². The van der Waals surface area contributed by atoms with E-state index in [4.69, 9.17) is 23.2 Å². The first kappa shape index (κ1) is 32.9. The molecule has 1 unspecified atom stereocenters. The van der Waals surface area contributed by atoms with Gasteiger partial charge in [-0.15, -0.1) is 10.2 Å². The van der Waals surface area contributed by atoms with E-state index in [-0.39, 0.29) is 30.1 Å². The first-order valence-electron chi connectivity index (χ1n) is 14.7. The molecular weight excluding hydrogens is 607 g/mol. The van der Waals surface area contributed by atoms with Crippen molar-refractivity contribution >= 4 is 55.5 Å². The number of ketones is 1. The van der Waals surface area contributed by atoms with E-state index in [1.54, 1.807) is 37.3 Å². The predicted octanol–water partition coefficient (Wildman–Crippen LogP) is 6.46. The SMILES string of the molecule is CCCCN(CCCC)c1cccc2c(S(=O)(=O)NC(CC)C(=O)Cn3nnc(Cc4c(Cl)cccc4Cl)n3)cccc12. The van der Waals surface area contributed by atoms with E-state index >= 15 is 0 Å². The number of hydrogen-bond acceptors (Lipinski definition) is 7. The van der Waals surface area contributed by atoms with Crippen LogP contribution >= 0.6 is 23.2 Å². The number of carbonyl (C=O) groups is 1. The number of fused-ring (bicyclic) bond motifs is 1. The minimum absolute atomic E-state index is 0.141. The number of Topliss-reactive ketones (excluding diaryl/α,β-unsaturated/α-hetero) is 1. The molecule has 0 spiro atoms. The van der Waals surface area contributed by atoms with Gasteiger partial charge in [-0.3, -0.25) is 4.79 Å². The summed E-state index contributed by atoms with van der Waals surface area (Å²) in [7, 11) is -4.04. The standard InChI is InChI=1S/C31H38Cl2N6O3S/c1-4-7-18-38(19-8-5-2)28-16-9-13-23-22(28)12-10-17-30(23)43(41,42)36-27(6-3)29(40)21-39-35-31(34-37-39)20-24-25(32)14-11-15-26(24)33/h9-17,27,36H,4-8,18-21H2,1-3H3. The van der Waals surface area contributed by atoms with Gasteiger partial charge in [-0.25, -0.2) is 13.1 Å². The van der Waals surface area contributed by atoms with Gasteiger partial charge in [-0.1, -0.05) is 87.1 Å². The fourth-order valence-electron chi connectivity index (χ4n) is 4.98. The molecule has 12 heteroatoms. The Bertz CT molecular complexity index is 1630. The lowest BCUT2D eigenvalue weighted by molar-refractivity contribution is -0.121. The van der Waals surface area contributed by atoms with Crippen LogP contribution in [0.2, 0.25) is 10.0 Å². The number of carbonyl (C=O) groups excluding carboxylic acids is 1. The first-order chi connectivity index (χ1) is 20.7. The van der Waals surface area contributed by atoms with Crippen LogP contribution < -0.4 is 9.62 Å². The lowest BCUT2D eigenvalue weighted by atomic mass is 10.1. The van der Waals surface area contributed by atoms with E-state index in [0.29, 0.717) is 26.8 Å². The van der Waals surface area contributed by atoms with Gasteiger partial charge in [0.1, 0.15) is 6.54 Å². The van der Waals surface area contributed by atoms with Crippen molar-refractivity contribution in [2.24, 2.45) is 0 Å². The molecule has 0 amide bonds. The highest BCUT2D eigenvalue weighted by atomic mass is 35.5. The van der Waals surface area contributed by atoms with Crippen LogP contribution in [0.25, 0.3) is 10.8 Å². The van der Waals surface area contributed by atoms with Gasteiger partial charge in [0, 0.05) is 46.0 Å². The lowest BCUT2D eigenvalue weighted by Gasteiger charge is -2.26. The Labute approximate surface area is 263 Å². The number of benzene rings is 3. The topological polar surface area (TPSA) is 110 Å². The number of nitrogens with zero attached hydrogens (tertiary/aromatic N) is 5. The van der Waals surface area contributed by atoms with Crippen molar-refractivity contribution in [3.05, 3.63) is 76.0 Å². The van der Waals surface area contributed by atoms with Gasteiger partial charge in [0.05, 0.1) is 10.9 Å². The Morgan fingerprint density at radius 1 is 0.930 bits per heavy atom. The molecular formula is C31H38Cl2N6O3S. The summed E-state index contributed by atoms with van der Waals surface area (Å²) in [6.07, 6.45) is 4.75. The van der Waals surface area contributed by atoms with E-state index in [2.05, 4.69) is 44.9 Å². The molecule has 1 aromatic heterocycles. The van der Waals surface area contributed by atoms with Crippen molar-refractivity contribution < 1.29 is 13.2 Å². The first-order valence-corrected chi connectivity index (χ1v) is 16.9. The Morgan fingerprint density at radius 3 is 2.21 bits per heavy atom. The maximum absolute atomic E-state index is 13.7. The van der Waals surface area contributed by atoms with Crippen LogP contribution in [-0.4, -0.2) is 53.5 Å². The van der Waals surface area contributed by atoms with E-state index in [9.17, 15) is 13.2 Å². The van der Waals surface area contributed by atoms with Crippen LogP contribution in [0.3, 0.4) is 0 Å². The minimum atomic E-state index is -4.04. The van der Waals surface area contributed by atoms with E-state index in [1.807, 2.05) is 18.2 Å². The third kappa shape index (κ3) is 8.12. The zero-order chi connectivity index (χ0) is 31.0. The van der Waals surface area contributed by atoms with E-state index < -0.39 is 16.1 Å². The quantitative estimate of drug-likeness (QED) is 0.149. The Morgan fingerprint density at radius 2 is 1.56 bits per heavy atom. The molecule has 230 valence electrons. The van der Waals surface area contributed by atoms with Crippen LogP contribution in [-0.2, 0) is 27.8 Å². The molecule has 0 aliphatic rings. The number of nitrogens with one attached hydrogen (secondary N) is 1. The molecule has 43 heavy (non-hydrogen) atoms. The zero-order valence-electron chi connectivity index (χ0n) is 24.8. The second-order valence-electron chi connectivity index (χ2n) is 10.5. The fraction of sp³-hybridized carbons (Fsp3) is 0.419. The van der Waals surface area contributed by atoms with Crippen LogP contribution in [0.4, 0.5) is 5.69 Å². The third-order valence-electron chi connectivity index (χ3n) is 7.33. The Balaban J connectivity index is 1.53. The molecule has 0 fully saturated rings. The molecule has 0 saturated carbocycles. The second-order valence-corrected chi connectivity index (χ2v) is 13.0. The highest BCUT2D eigenvalue weighted by Crippen LogP contribution is 2.32. The maximum Gasteiger partial charge on any atom is 0.241 e. The molecule has 0 aliphatic heterocycles. The normalized spacial score (nSPS) is 12.5. The van der Waals surface area contributed by atoms with Gasteiger partial charge in [-0.2, -0.15) is 4.80 Å². The average molecular weight is 646 g/mol. The predicted molar refractivity (Wildman–Crippen MR) is 172 cm³/mol. The summed E-state index contributed by atoms with van der Waals surface area (Å²) in [6.45, 7) is 7.65. The van der Waals surface area contributed by atoms with Crippen LogP contribution in [0.5, 0.6) is 0 Å². The van der Waals surface area contributed by atoms with Crippen molar-refractivity contribution in [3.63, 3.8) is 0 Å². The van der Waals surface area contributed by atoms with Crippen molar-refractivity contribution in [3.8, 4) is 0 Å². The molecule has 4 aromatic rings. The van der Waals surface area contributed by atoms with Crippen LogP contribution in [0.1, 0.15) is 64.3 Å². The summed E-state index contributed by atoms with van der Waals surface area (Å²) in [5.74, 6) is -0.0352. The zero-order valence-corrected chi connectivity index (χ0v) is 27.1. The Hall–Kier alpha value is -3.05. The van der Waals surface area contributed by atoms with E-state index in [0.717, 1.165) is 54.6 Å². The largest absolute Gasteiger partial charge is 0.371 e. The summed E-state index contributed by atoms with van der Waals surface area (Å²) < 4.78 is 30.1. The molecule has 1 heterocycles. The summed E-state index contributed by atoms with van der Waals surface area (Å²) in [5.41, 5.74) is 1.68. The minimum Gasteiger partial charge on any atom is -0.371 e. The maximum atomic E-state index is 13.7. The van der Waals surface area contributed by atoms with E-state index in [1.165, 1.54) is 0 Å². The van der Waals surface area contributed by atoms with Gasteiger partial charge in [0.2, 0.25) is 10.0 Å². The van der Waals surface area contributed by atoms with Crippen LogP contribution in [0, 0.1) is 0 Å².